The third kappa shape index (κ3) is 3.96. The minimum atomic E-state index is -0.460. The number of amides is 1. The van der Waals surface area contributed by atoms with Crippen LogP contribution in [0, 0.1) is 6.92 Å². The SMILES string of the molecule is Cc1cc2c(c(=O)o1)C1=CC(C)SCCN1C(=O)O2.[I-].[K+]. The van der Waals surface area contributed by atoms with Crippen molar-refractivity contribution in [2.75, 3.05) is 12.3 Å². The Labute approximate surface area is 186 Å². The first-order valence-electron chi connectivity index (χ1n) is 6.04. The number of ether oxygens (including phenoxy) is 1. The summed E-state index contributed by atoms with van der Waals surface area (Å²) in [4.78, 5) is 25.5. The fourth-order valence-corrected chi connectivity index (χ4v) is 3.15. The number of nitrogens with zero attached hydrogens (tertiary/aromatic N) is 1. The zero-order chi connectivity index (χ0) is 13.6. The van der Waals surface area contributed by atoms with Crippen molar-refractivity contribution < 1.29 is 89.3 Å². The summed E-state index contributed by atoms with van der Waals surface area (Å²) in [6.07, 6.45) is 1.49. The number of hydrogen-bond donors (Lipinski definition) is 0. The molecule has 0 saturated heterocycles. The first-order chi connectivity index (χ1) is 9.06. The number of thioether (sulfide) groups is 1. The van der Waals surface area contributed by atoms with Gasteiger partial charge in [0.1, 0.15) is 11.3 Å². The van der Waals surface area contributed by atoms with Crippen LogP contribution in [0.4, 0.5) is 4.79 Å². The van der Waals surface area contributed by atoms with Crippen LogP contribution in [0.25, 0.3) is 5.70 Å². The molecule has 108 valence electrons. The summed E-state index contributed by atoms with van der Waals surface area (Å²) >= 11 is 1.73. The van der Waals surface area contributed by atoms with Gasteiger partial charge in [0.05, 0.1) is 5.70 Å². The van der Waals surface area contributed by atoms with Gasteiger partial charge in [0.2, 0.25) is 0 Å². The maximum absolute atomic E-state index is 12.0. The molecule has 2 aliphatic rings. The Kier molecular flexibility index (Phi) is 7.49. The zero-order valence-corrected chi connectivity index (χ0v) is 18.1. The third-order valence-corrected chi connectivity index (χ3v) is 4.17. The van der Waals surface area contributed by atoms with Crippen molar-refractivity contribution in [1.82, 2.24) is 4.90 Å². The van der Waals surface area contributed by atoms with E-state index in [1.165, 1.54) is 4.90 Å². The molecule has 0 aliphatic carbocycles. The predicted octanol–water partition coefficient (Wildman–Crippen LogP) is -3.75. The number of aryl methyl sites for hydroxylation is 1. The molecule has 0 fully saturated rings. The van der Waals surface area contributed by atoms with Crippen LogP contribution in [0.3, 0.4) is 0 Å². The second-order valence-corrected chi connectivity index (χ2v) is 6.02. The van der Waals surface area contributed by atoms with E-state index in [1.807, 2.05) is 13.0 Å². The van der Waals surface area contributed by atoms with Crippen LogP contribution in [-0.2, 0) is 0 Å². The van der Waals surface area contributed by atoms with Gasteiger partial charge in [-0.05, 0) is 19.9 Å². The number of hydrogen-bond acceptors (Lipinski definition) is 5. The van der Waals surface area contributed by atoms with Gasteiger partial charge in [-0.3, -0.25) is 4.90 Å². The average Bonchev–Trinajstić information content (AvgIpc) is 2.49. The summed E-state index contributed by atoms with van der Waals surface area (Å²) in [6.45, 7) is 4.23. The minimum absolute atomic E-state index is 0. The molecule has 1 amide bonds. The van der Waals surface area contributed by atoms with Gasteiger partial charge < -0.3 is 33.1 Å². The van der Waals surface area contributed by atoms with E-state index in [0.29, 0.717) is 29.3 Å². The molecular weight excluding hydrogens is 432 g/mol. The summed E-state index contributed by atoms with van der Waals surface area (Å²) in [5.74, 6) is 1.53. The molecule has 1 unspecified atom stereocenters. The minimum Gasteiger partial charge on any atom is -1.00 e. The monoisotopic (exact) mass is 445 g/mol. The Morgan fingerprint density at radius 3 is 2.81 bits per heavy atom. The standard InChI is InChI=1S/C13H13NO4S.HI.K/c1-7-5-10-11(12(15)17-7)9-6-8(2)19-4-3-14(9)13(16)18-10;;/h5-6,8H,3-4H2,1-2H3;1H;/q;;+1/p-1. The zero-order valence-electron chi connectivity index (χ0n) is 12.0. The van der Waals surface area contributed by atoms with Gasteiger partial charge >= 0.3 is 63.1 Å². The van der Waals surface area contributed by atoms with Gasteiger partial charge in [-0.1, -0.05) is 0 Å². The number of carbonyl (C=O) groups is 1. The van der Waals surface area contributed by atoms with Crippen LogP contribution >= 0.6 is 11.8 Å². The van der Waals surface area contributed by atoms with Crippen LogP contribution in [0.5, 0.6) is 5.75 Å². The quantitative estimate of drug-likeness (QED) is 0.304. The molecule has 0 saturated carbocycles. The van der Waals surface area contributed by atoms with Crippen LogP contribution in [0.15, 0.2) is 21.4 Å². The molecule has 2 aliphatic heterocycles. The van der Waals surface area contributed by atoms with Gasteiger partial charge in [0.25, 0.3) is 0 Å². The molecule has 21 heavy (non-hydrogen) atoms. The van der Waals surface area contributed by atoms with E-state index in [1.54, 1.807) is 24.8 Å². The molecule has 0 N–H and O–H groups in total. The molecular formula is C13H13IKNO4S. The molecule has 0 aromatic carbocycles. The van der Waals surface area contributed by atoms with Crippen molar-refractivity contribution in [1.29, 1.82) is 0 Å². The summed E-state index contributed by atoms with van der Waals surface area (Å²) in [6, 6.07) is 1.58. The van der Waals surface area contributed by atoms with Crippen molar-refractivity contribution in [2.45, 2.75) is 19.1 Å². The third-order valence-electron chi connectivity index (χ3n) is 3.09. The Bertz CT molecular complexity index is 646. The van der Waals surface area contributed by atoms with Crippen LogP contribution in [0.1, 0.15) is 18.2 Å². The van der Waals surface area contributed by atoms with Gasteiger partial charge in [-0.15, -0.1) is 0 Å². The molecule has 0 bridgehead atoms. The first-order valence-corrected chi connectivity index (χ1v) is 7.09. The fourth-order valence-electron chi connectivity index (χ4n) is 2.26. The number of fused-ring (bicyclic) bond motifs is 3. The van der Waals surface area contributed by atoms with Crippen molar-refractivity contribution in [3.05, 3.63) is 33.9 Å². The molecule has 1 atom stereocenters. The molecule has 3 heterocycles. The molecule has 1 aromatic heterocycles. The second-order valence-electron chi connectivity index (χ2n) is 4.53. The summed E-state index contributed by atoms with van der Waals surface area (Å²) < 4.78 is 10.3. The fraction of sp³-hybridized carbons (Fsp3) is 0.385. The average molecular weight is 445 g/mol. The van der Waals surface area contributed by atoms with E-state index in [2.05, 4.69) is 0 Å². The van der Waals surface area contributed by atoms with Gasteiger partial charge in [0.15, 0.2) is 5.75 Å². The van der Waals surface area contributed by atoms with Gasteiger partial charge in [-0.2, -0.15) is 11.8 Å². The topological polar surface area (TPSA) is 59.8 Å². The van der Waals surface area contributed by atoms with Crippen molar-refractivity contribution in [3.63, 3.8) is 0 Å². The van der Waals surface area contributed by atoms with Crippen LogP contribution < -0.4 is 85.7 Å². The maximum atomic E-state index is 12.0. The van der Waals surface area contributed by atoms with E-state index in [0.717, 1.165) is 5.75 Å². The summed E-state index contributed by atoms with van der Waals surface area (Å²) in [7, 11) is 0. The largest absolute Gasteiger partial charge is 1.00 e. The number of carbonyl (C=O) groups excluding carboxylic acids is 1. The predicted molar refractivity (Wildman–Crippen MR) is 72.3 cm³/mol. The van der Waals surface area contributed by atoms with E-state index >= 15 is 0 Å². The number of rotatable bonds is 0. The second kappa shape index (κ2) is 7.98. The van der Waals surface area contributed by atoms with Gasteiger partial charge in [0, 0.05) is 23.6 Å². The normalized spacial score (nSPS) is 19.9. The molecule has 0 spiro atoms. The Morgan fingerprint density at radius 2 is 2.10 bits per heavy atom. The van der Waals surface area contributed by atoms with E-state index < -0.39 is 11.7 Å². The first kappa shape index (κ1) is 19.7. The molecule has 0 radical (unpaired) electrons. The van der Waals surface area contributed by atoms with Crippen molar-refractivity contribution in [2.24, 2.45) is 0 Å². The van der Waals surface area contributed by atoms with Crippen LogP contribution in [-0.4, -0.2) is 28.5 Å². The molecule has 5 nitrogen and oxygen atoms in total. The van der Waals surface area contributed by atoms with Crippen molar-refractivity contribution >= 4 is 23.6 Å². The van der Waals surface area contributed by atoms with Gasteiger partial charge in [-0.25, -0.2) is 9.59 Å². The Balaban J connectivity index is 0.00000110. The van der Waals surface area contributed by atoms with Crippen LogP contribution in [0.2, 0.25) is 0 Å². The Hall–Kier alpha value is 0.676. The maximum Gasteiger partial charge on any atom is 1.00 e. The summed E-state index contributed by atoms with van der Waals surface area (Å²) in [5, 5.41) is 0.236. The van der Waals surface area contributed by atoms with Crippen molar-refractivity contribution in [3.8, 4) is 5.75 Å². The number of halogens is 1. The van der Waals surface area contributed by atoms with E-state index in [4.69, 9.17) is 9.15 Å². The molecule has 1 aromatic rings. The Morgan fingerprint density at radius 1 is 1.38 bits per heavy atom. The smallest absolute Gasteiger partial charge is 1.00 e. The summed E-state index contributed by atoms with van der Waals surface area (Å²) in [5.41, 5.74) is 0.495. The van der Waals surface area contributed by atoms with E-state index in [-0.39, 0.29) is 80.6 Å². The molecule has 3 rings (SSSR count). The van der Waals surface area contributed by atoms with E-state index in [9.17, 15) is 9.59 Å². The molecule has 8 heteroatoms.